The minimum absolute atomic E-state index is 0.273. The lowest BCUT2D eigenvalue weighted by atomic mass is 10.2. The van der Waals surface area contributed by atoms with Crippen LogP contribution in [0.1, 0.15) is 13.3 Å². The first-order chi connectivity index (χ1) is 5.09. The van der Waals surface area contributed by atoms with Crippen LogP contribution in [0.3, 0.4) is 0 Å². The van der Waals surface area contributed by atoms with E-state index >= 15 is 0 Å². The van der Waals surface area contributed by atoms with Crippen LogP contribution < -0.4 is 0 Å². The van der Waals surface area contributed by atoms with Crippen molar-refractivity contribution < 1.29 is 15.2 Å². The molecule has 0 aromatic heterocycles. The second kappa shape index (κ2) is 4.65. The van der Waals surface area contributed by atoms with E-state index in [0.717, 1.165) is 0 Å². The molecule has 0 fully saturated rings. The van der Waals surface area contributed by atoms with Gasteiger partial charge in [-0.25, -0.2) is 0 Å². The summed E-state index contributed by atoms with van der Waals surface area (Å²) in [6.45, 7) is 4.93. The topological polar surface area (TPSA) is 60.8 Å². The van der Waals surface area contributed by atoms with Crippen LogP contribution in [0.5, 0.6) is 0 Å². The van der Waals surface area contributed by atoms with Gasteiger partial charge in [0.15, 0.2) is 0 Å². The van der Waals surface area contributed by atoms with Crippen LogP contribution in [0.4, 0.5) is 0 Å². The number of carbonyl (C=O) groups is 1. The number of amides is 1. The summed E-state index contributed by atoms with van der Waals surface area (Å²) < 4.78 is 0. The van der Waals surface area contributed by atoms with Crippen molar-refractivity contribution >= 4 is 5.91 Å². The van der Waals surface area contributed by atoms with E-state index in [1.807, 2.05) is 0 Å². The predicted octanol–water partition coefficient (Wildman–Crippen LogP) is 1.12. The van der Waals surface area contributed by atoms with E-state index in [0.29, 0.717) is 6.42 Å². The molecule has 62 valence electrons. The zero-order valence-corrected chi connectivity index (χ0v) is 6.32. The Labute approximate surface area is 65.0 Å². The molecule has 0 rings (SSSR count). The van der Waals surface area contributed by atoms with Crippen molar-refractivity contribution in [3.05, 3.63) is 24.3 Å². The van der Waals surface area contributed by atoms with Crippen molar-refractivity contribution in [3.8, 4) is 0 Å². The quantitative estimate of drug-likeness (QED) is 0.279. The van der Waals surface area contributed by atoms with Crippen LogP contribution in [0.25, 0.3) is 0 Å². The van der Waals surface area contributed by atoms with Crippen molar-refractivity contribution in [1.82, 2.24) is 5.23 Å². The second-order valence-electron chi connectivity index (χ2n) is 2.01. The molecule has 0 unspecified atom stereocenters. The molecule has 0 aromatic rings. The van der Waals surface area contributed by atoms with Gasteiger partial charge in [-0.2, -0.15) is 0 Å². The van der Waals surface area contributed by atoms with Gasteiger partial charge in [0.05, 0.1) is 0 Å². The van der Waals surface area contributed by atoms with Gasteiger partial charge < -0.3 is 0 Å². The molecule has 1 amide bonds. The molecule has 0 aliphatic rings. The number of carbonyl (C=O) groups excluding carboxylic acids is 1. The van der Waals surface area contributed by atoms with E-state index in [2.05, 4.69) is 6.58 Å². The first-order valence-electron chi connectivity index (χ1n) is 3.09. The Morgan fingerprint density at radius 3 is 2.55 bits per heavy atom. The third-order valence-corrected chi connectivity index (χ3v) is 1.11. The van der Waals surface area contributed by atoms with Crippen molar-refractivity contribution in [2.45, 2.75) is 13.3 Å². The van der Waals surface area contributed by atoms with Crippen molar-refractivity contribution in [1.29, 1.82) is 0 Å². The van der Waals surface area contributed by atoms with E-state index < -0.39 is 11.1 Å². The lowest BCUT2D eigenvalue weighted by molar-refractivity contribution is -0.281. The Bertz CT molecular complexity index is 184. The van der Waals surface area contributed by atoms with Crippen molar-refractivity contribution in [2.24, 2.45) is 0 Å². The minimum Gasteiger partial charge on any atom is -0.265 e. The Kier molecular flexibility index (Phi) is 4.17. The molecule has 2 N–H and O–H groups in total. The first-order valence-corrected chi connectivity index (χ1v) is 3.09. The fraction of sp³-hybridized carbons (Fsp3) is 0.286. The van der Waals surface area contributed by atoms with Crippen molar-refractivity contribution in [2.75, 3.05) is 0 Å². The fourth-order valence-corrected chi connectivity index (χ4v) is 0.505. The van der Waals surface area contributed by atoms with E-state index in [9.17, 15) is 4.79 Å². The monoisotopic (exact) mass is 157 g/mol. The van der Waals surface area contributed by atoms with Gasteiger partial charge >= 0.3 is 0 Å². The maximum atomic E-state index is 10.7. The largest absolute Gasteiger partial charge is 0.298 e. The van der Waals surface area contributed by atoms with Crippen molar-refractivity contribution in [3.63, 3.8) is 0 Å². The highest BCUT2D eigenvalue weighted by Gasteiger charge is 2.08. The van der Waals surface area contributed by atoms with E-state index in [1.54, 1.807) is 12.2 Å². The van der Waals surface area contributed by atoms with Crippen LogP contribution in [-0.2, 0) is 4.79 Å². The summed E-state index contributed by atoms with van der Waals surface area (Å²) in [5.74, 6) is -0.827. The molecule has 0 bridgehead atoms. The molecule has 0 saturated carbocycles. The molecule has 0 aliphatic carbocycles. The standard InChI is InChI=1S/C7H11NO3/c1-3-4-5-6(2)7(9)8(10)11/h3,5,10-11H,1,4H2,2H3. The zero-order chi connectivity index (χ0) is 8.85. The van der Waals surface area contributed by atoms with Crippen LogP contribution in [0.15, 0.2) is 24.3 Å². The summed E-state index contributed by atoms with van der Waals surface area (Å²) >= 11 is 0. The van der Waals surface area contributed by atoms with Crippen LogP contribution in [0, 0.1) is 0 Å². The Morgan fingerprint density at radius 2 is 2.18 bits per heavy atom. The lowest BCUT2D eigenvalue weighted by Crippen LogP contribution is -2.23. The highest BCUT2D eigenvalue weighted by atomic mass is 16.8. The summed E-state index contributed by atoms with van der Waals surface area (Å²) in [6.07, 6.45) is 3.69. The fourth-order valence-electron chi connectivity index (χ4n) is 0.505. The van der Waals surface area contributed by atoms with Gasteiger partial charge in [-0.3, -0.25) is 15.2 Å². The van der Waals surface area contributed by atoms with Gasteiger partial charge in [-0.15, -0.1) is 6.58 Å². The molecular weight excluding hydrogens is 146 g/mol. The summed E-state index contributed by atoms with van der Waals surface area (Å²) in [5.41, 5.74) is 0.273. The lowest BCUT2D eigenvalue weighted by Gasteiger charge is -2.04. The number of rotatable bonds is 3. The normalized spacial score (nSPS) is 11.0. The molecule has 0 saturated heterocycles. The van der Waals surface area contributed by atoms with Gasteiger partial charge in [0, 0.05) is 5.57 Å². The number of hydroxylamine groups is 2. The highest BCUT2D eigenvalue weighted by Crippen LogP contribution is 1.98. The second-order valence-corrected chi connectivity index (χ2v) is 2.01. The molecule has 4 nitrogen and oxygen atoms in total. The Morgan fingerprint density at radius 1 is 1.64 bits per heavy atom. The van der Waals surface area contributed by atoms with Gasteiger partial charge in [-0.05, 0) is 13.3 Å². The van der Waals surface area contributed by atoms with Gasteiger partial charge in [0.2, 0.25) is 0 Å². The zero-order valence-electron chi connectivity index (χ0n) is 6.32. The third kappa shape index (κ3) is 3.54. The number of hydrogen-bond donors (Lipinski definition) is 2. The predicted molar refractivity (Wildman–Crippen MR) is 39.0 cm³/mol. The average Bonchev–Trinajstić information content (AvgIpc) is 1.98. The number of allylic oxidation sites excluding steroid dienone is 2. The summed E-state index contributed by atoms with van der Waals surface area (Å²) in [6, 6.07) is 0. The SMILES string of the molecule is C=CCC=C(C)C(=O)N(O)O. The number of nitrogens with zero attached hydrogens (tertiary/aromatic N) is 1. The Balaban J connectivity index is 4.11. The molecule has 0 radical (unpaired) electrons. The molecule has 0 aliphatic heterocycles. The first kappa shape index (κ1) is 9.87. The Hall–Kier alpha value is -1.13. The molecule has 4 heteroatoms. The van der Waals surface area contributed by atoms with Crippen LogP contribution in [-0.4, -0.2) is 21.5 Å². The van der Waals surface area contributed by atoms with E-state index in [-0.39, 0.29) is 5.57 Å². The van der Waals surface area contributed by atoms with E-state index in [1.165, 1.54) is 6.92 Å². The molecule has 0 spiro atoms. The summed E-state index contributed by atoms with van der Waals surface area (Å²) in [4.78, 5) is 10.7. The minimum atomic E-state index is -0.827. The molecule has 0 atom stereocenters. The smallest absolute Gasteiger partial charge is 0.265 e. The van der Waals surface area contributed by atoms with Gasteiger partial charge in [-0.1, -0.05) is 17.4 Å². The van der Waals surface area contributed by atoms with Gasteiger partial charge in [0.1, 0.15) is 0 Å². The highest BCUT2D eigenvalue weighted by molar-refractivity contribution is 5.91. The summed E-state index contributed by atoms with van der Waals surface area (Å²) in [7, 11) is 0. The van der Waals surface area contributed by atoms with Crippen LogP contribution in [0.2, 0.25) is 0 Å². The third-order valence-electron chi connectivity index (χ3n) is 1.11. The maximum absolute atomic E-state index is 10.7. The van der Waals surface area contributed by atoms with Crippen LogP contribution >= 0.6 is 0 Å². The molecule has 0 aromatic carbocycles. The van der Waals surface area contributed by atoms with E-state index in [4.69, 9.17) is 10.4 Å². The molecule has 11 heavy (non-hydrogen) atoms. The average molecular weight is 157 g/mol. The van der Waals surface area contributed by atoms with Gasteiger partial charge in [0.25, 0.3) is 5.91 Å². The molecular formula is C7H11NO3. The maximum Gasteiger partial charge on any atom is 0.298 e. The summed E-state index contributed by atoms with van der Waals surface area (Å²) in [5, 5.41) is 16.1. The molecule has 0 heterocycles. The number of hydrogen-bond acceptors (Lipinski definition) is 3.